The molecule has 15 heavy (non-hydrogen) atoms. The van der Waals surface area contributed by atoms with Gasteiger partial charge >= 0.3 is 0 Å². The molecule has 0 radical (unpaired) electrons. The molecule has 0 aliphatic rings. The summed E-state index contributed by atoms with van der Waals surface area (Å²) in [7, 11) is 0. The highest BCUT2D eigenvalue weighted by Gasteiger charge is 2.21. The highest BCUT2D eigenvalue weighted by molar-refractivity contribution is 4.79. The SMILES string of the molecule is CCCC(C)COC(C)CC(C)(N)CO. The summed E-state index contributed by atoms with van der Waals surface area (Å²) in [6, 6.07) is 0. The Bertz CT molecular complexity index is 160. The van der Waals surface area contributed by atoms with Crippen molar-refractivity contribution >= 4 is 0 Å². The van der Waals surface area contributed by atoms with E-state index in [0.717, 1.165) is 6.61 Å². The van der Waals surface area contributed by atoms with Crippen LogP contribution >= 0.6 is 0 Å². The van der Waals surface area contributed by atoms with Crippen LogP contribution in [0.5, 0.6) is 0 Å². The first-order chi connectivity index (χ1) is 6.91. The van der Waals surface area contributed by atoms with E-state index in [0.29, 0.717) is 12.3 Å². The van der Waals surface area contributed by atoms with E-state index in [-0.39, 0.29) is 12.7 Å². The highest BCUT2D eigenvalue weighted by Crippen LogP contribution is 2.13. The zero-order chi connectivity index (χ0) is 11.9. The second-order valence-electron chi connectivity index (χ2n) is 5.05. The molecule has 3 nitrogen and oxygen atoms in total. The average Bonchev–Trinajstić information content (AvgIpc) is 2.15. The number of hydrogen-bond donors (Lipinski definition) is 2. The van der Waals surface area contributed by atoms with Crippen molar-refractivity contribution in [2.45, 2.75) is 58.6 Å². The van der Waals surface area contributed by atoms with Gasteiger partial charge in [0.15, 0.2) is 0 Å². The molecular formula is C12H27NO2. The van der Waals surface area contributed by atoms with Crippen molar-refractivity contribution in [2.75, 3.05) is 13.2 Å². The maximum atomic E-state index is 9.02. The van der Waals surface area contributed by atoms with Crippen molar-refractivity contribution in [3.8, 4) is 0 Å². The number of ether oxygens (including phenoxy) is 1. The molecule has 0 aromatic carbocycles. The van der Waals surface area contributed by atoms with E-state index in [1.165, 1.54) is 12.8 Å². The van der Waals surface area contributed by atoms with E-state index in [9.17, 15) is 0 Å². The van der Waals surface area contributed by atoms with E-state index in [2.05, 4.69) is 13.8 Å². The topological polar surface area (TPSA) is 55.5 Å². The monoisotopic (exact) mass is 217 g/mol. The van der Waals surface area contributed by atoms with Crippen LogP contribution in [0.4, 0.5) is 0 Å². The molecule has 0 aromatic rings. The summed E-state index contributed by atoms with van der Waals surface area (Å²) in [4.78, 5) is 0. The maximum Gasteiger partial charge on any atom is 0.0609 e. The predicted molar refractivity (Wildman–Crippen MR) is 63.8 cm³/mol. The lowest BCUT2D eigenvalue weighted by Gasteiger charge is -2.26. The summed E-state index contributed by atoms with van der Waals surface area (Å²) in [6.07, 6.45) is 3.21. The number of rotatable bonds is 8. The molecule has 3 N–H and O–H groups in total. The second kappa shape index (κ2) is 7.20. The third kappa shape index (κ3) is 7.77. The predicted octanol–water partition coefficient (Wildman–Crippen LogP) is 1.93. The fraction of sp³-hybridized carbons (Fsp3) is 1.00. The number of aliphatic hydroxyl groups is 1. The fourth-order valence-corrected chi connectivity index (χ4v) is 1.68. The smallest absolute Gasteiger partial charge is 0.0609 e. The van der Waals surface area contributed by atoms with Gasteiger partial charge in [0, 0.05) is 12.1 Å². The largest absolute Gasteiger partial charge is 0.394 e. The summed E-state index contributed by atoms with van der Waals surface area (Å²) < 4.78 is 5.70. The molecular weight excluding hydrogens is 190 g/mol. The summed E-state index contributed by atoms with van der Waals surface area (Å²) >= 11 is 0. The highest BCUT2D eigenvalue weighted by atomic mass is 16.5. The van der Waals surface area contributed by atoms with Crippen LogP contribution < -0.4 is 5.73 Å². The Morgan fingerprint density at radius 3 is 2.47 bits per heavy atom. The molecule has 0 saturated heterocycles. The standard InChI is InChI=1S/C12H27NO2/c1-5-6-10(2)8-15-11(3)7-12(4,13)9-14/h10-11,14H,5-9,13H2,1-4H3. The van der Waals surface area contributed by atoms with Gasteiger partial charge in [-0.2, -0.15) is 0 Å². The Morgan fingerprint density at radius 2 is 2.00 bits per heavy atom. The molecule has 0 aromatic heterocycles. The van der Waals surface area contributed by atoms with Crippen molar-refractivity contribution in [3.63, 3.8) is 0 Å². The summed E-state index contributed by atoms with van der Waals surface area (Å²) in [5, 5.41) is 9.02. The van der Waals surface area contributed by atoms with Crippen molar-refractivity contribution in [1.29, 1.82) is 0 Å². The van der Waals surface area contributed by atoms with Gasteiger partial charge in [-0.25, -0.2) is 0 Å². The third-order valence-electron chi connectivity index (χ3n) is 2.56. The lowest BCUT2D eigenvalue weighted by molar-refractivity contribution is 0.0181. The quantitative estimate of drug-likeness (QED) is 0.653. The van der Waals surface area contributed by atoms with Gasteiger partial charge in [0.1, 0.15) is 0 Å². The maximum absolute atomic E-state index is 9.02. The molecule has 3 atom stereocenters. The van der Waals surface area contributed by atoms with E-state index < -0.39 is 5.54 Å². The third-order valence-corrected chi connectivity index (χ3v) is 2.56. The number of nitrogens with two attached hydrogens (primary N) is 1. The zero-order valence-corrected chi connectivity index (χ0v) is 10.6. The number of aliphatic hydroxyl groups excluding tert-OH is 1. The van der Waals surface area contributed by atoms with Gasteiger partial charge < -0.3 is 15.6 Å². The molecule has 0 amide bonds. The zero-order valence-electron chi connectivity index (χ0n) is 10.6. The molecule has 0 spiro atoms. The van der Waals surface area contributed by atoms with Crippen LogP contribution in [0.3, 0.4) is 0 Å². The normalized spacial score (nSPS) is 19.6. The fourth-order valence-electron chi connectivity index (χ4n) is 1.68. The molecule has 0 rings (SSSR count). The summed E-state index contributed by atoms with van der Waals surface area (Å²) in [5.41, 5.74) is 5.33. The van der Waals surface area contributed by atoms with Crippen molar-refractivity contribution in [1.82, 2.24) is 0 Å². The van der Waals surface area contributed by atoms with E-state index in [1.54, 1.807) is 0 Å². The van der Waals surface area contributed by atoms with Gasteiger partial charge in [-0.1, -0.05) is 20.3 Å². The van der Waals surface area contributed by atoms with Crippen LogP contribution in [0.1, 0.15) is 47.0 Å². The van der Waals surface area contributed by atoms with Crippen LogP contribution in [-0.2, 0) is 4.74 Å². The van der Waals surface area contributed by atoms with Gasteiger partial charge in [0.2, 0.25) is 0 Å². The Balaban J connectivity index is 3.70. The molecule has 3 unspecified atom stereocenters. The van der Waals surface area contributed by atoms with Crippen molar-refractivity contribution in [3.05, 3.63) is 0 Å². The minimum absolute atomic E-state index is 0.00517. The summed E-state index contributed by atoms with van der Waals surface area (Å²) in [6.45, 7) is 9.04. The Hall–Kier alpha value is -0.120. The molecule has 0 saturated carbocycles. The van der Waals surface area contributed by atoms with Crippen molar-refractivity contribution < 1.29 is 9.84 Å². The second-order valence-corrected chi connectivity index (χ2v) is 5.05. The minimum Gasteiger partial charge on any atom is -0.394 e. The first-order valence-corrected chi connectivity index (χ1v) is 5.92. The van der Waals surface area contributed by atoms with Crippen molar-refractivity contribution in [2.24, 2.45) is 11.7 Å². The molecule has 0 heterocycles. The molecule has 92 valence electrons. The Labute approximate surface area is 94.0 Å². The first kappa shape index (κ1) is 14.9. The van der Waals surface area contributed by atoms with Gasteiger partial charge in [0.25, 0.3) is 0 Å². The first-order valence-electron chi connectivity index (χ1n) is 5.92. The lowest BCUT2D eigenvalue weighted by Crippen LogP contribution is -2.43. The van der Waals surface area contributed by atoms with Gasteiger partial charge in [-0.15, -0.1) is 0 Å². The van der Waals surface area contributed by atoms with Gasteiger partial charge in [0.05, 0.1) is 12.7 Å². The molecule has 0 aliphatic carbocycles. The van der Waals surface area contributed by atoms with E-state index in [1.807, 2.05) is 13.8 Å². The van der Waals surface area contributed by atoms with Crippen LogP contribution in [0.25, 0.3) is 0 Å². The molecule has 3 heteroatoms. The minimum atomic E-state index is -0.520. The lowest BCUT2D eigenvalue weighted by atomic mass is 9.97. The van der Waals surface area contributed by atoms with Gasteiger partial charge in [-0.3, -0.25) is 0 Å². The molecule has 0 aliphatic heterocycles. The van der Waals surface area contributed by atoms with Crippen LogP contribution in [-0.4, -0.2) is 30.0 Å². The summed E-state index contributed by atoms with van der Waals surface area (Å²) in [5.74, 6) is 0.607. The Morgan fingerprint density at radius 1 is 1.40 bits per heavy atom. The van der Waals surface area contributed by atoms with E-state index in [4.69, 9.17) is 15.6 Å². The average molecular weight is 217 g/mol. The number of hydrogen-bond acceptors (Lipinski definition) is 3. The molecule has 0 bridgehead atoms. The molecule has 0 fully saturated rings. The van der Waals surface area contributed by atoms with Crippen LogP contribution in [0.2, 0.25) is 0 Å². The van der Waals surface area contributed by atoms with Crippen LogP contribution in [0.15, 0.2) is 0 Å². The van der Waals surface area contributed by atoms with E-state index >= 15 is 0 Å². The van der Waals surface area contributed by atoms with Gasteiger partial charge in [-0.05, 0) is 32.6 Å². The Kier molecular flexibility index (Phi) is 7.14. The van der Waals surface area contributed by atoms with Crippen LogP contribution in [0, 0.1) is 5.92 Å².